The molecule has 3 N–H and O–H groups in total. The minimum absolute atomic E-state index is 0.0402. The maximum absolute atomic E-state index is 13.3. The normalized spacial score (nSPS) is 14.2. The van der Waals surface area contributed by atoms with Gasteiger partial charge in [-0.05, 0) is 54.1 Å². The highest BCUT2D eigenvalue weighted by Gasteiger charge is 2.25. The minimum Gasteiger partial charge on any atom is -0.349 e. The highest BCUT2D eigenvalue weighted by atomic mass is 32.1. The Morgan fingerprint density at radius 2 is 1.80 bits per heavy atom. The Morgan fingerprint density at radius 3 is 2.50 bits per heavy atom. The van der Waals surface area contributed by atoms with E-state index in [0.29, 0.717) is 11.3 Å². The molecule has 0 bridgehead atoms. The second-order valence-corrected chi connectivity index (χ2v) is 8.20. The van der Waals surface area contributed by atoms with Crippen molar-refractivity contribution >= 4 is 28.8 Å². The quantitative estimate of drug-likeness (QED) is 0.511. The molecule has 30 heavy (non-hydrogen) atoms. The van der Waals surface area contributed by atoms with Gasteiger partial charge in [-0.15, -0.1) is 11.3 Å². The number of hydrogen-bond donors (Lipinski definition) is 3. The number of thiophene rings is 1. The molecule has 1 fully saturated rings. The van der Waals surface area contributed by atoms with Crippen molar-refractivity contribution in [3.05, 3.63) is 87.9 Å². The summed E-state index contributed by atoms with van der Waals surface area (Å²) in [5, 5.41) is 11.0. The molecule has 154 valence electrons. The van der Waals surface area contributed by atoms with Gasteiger partial charge in [0.05, 0.1) is 23.8 Å². The third-order valence-electron chi connectivity index (χ3n) is 4.86. The largest absolute Gasteiger partial charge is 0.349 e. The average Bonchev–Trinajstić information content (AvgIpc) is 3.39. The fraction of sp³-hybridized carbons (Fsp3) is 0.217. The van der Waals surface area contributed by atoms with Crippen LogP contribution in [-0.2, 0) is 4.79 Å². The lowest BCUT2D eigenvalue weighted by atomic mass is 10.1. The van der Waals surface area contributed by atoms with Gasteiger partial charge in [-0.3, -0.25) is 14.9 Å². The third-order valence-corrected chi connectivity index (χ3v) is 5.79. The molecule has 0 radical (unpaired) electrons. The molecule has 2 amide bonds. The first-order valence-electron chi connectivity index (χ1n) is 9.82. The van der Waals surface area contributed by atoms with Crippen molar-refractivity contribution in [1.29, 1.82) is 0 Å². The van der Waals surface area contributed by atoms with Crippen LogP contribution in [0.3, 0.4) is 0 Å². The number of halogens is 1. The van der Waals surface area contributed by atoms with Crippen molar-refractivity contribution < 1.29 is 14.0 Å². The van der Waals surface area contributed by atoms with Crippen molar-refractivity contribution in [2.45, 2.75) is 24.9 Å². The molecule has 3 aromatic rings. The van der Waals surface area contributed by atoms with Crippen LogP contribution < -0.4 is 16.0 Å². The van der Waals surface area contributed by atoms with Crippen LogP contribution in [0.5, 0.6) is 0 Å². The van der Waals surface area contributed by atoms with Gasteiger partial charge in [0.25, 0.3) is 5.91 Å². The van der Waals surface area contributed by atoms with Crippen LogP contribution in [0.2, 0.25) is 0 Å². The first kappa shape index (κ1) is 20.3. The molecule has 4 rings (SSSR count). The molecule has 1 heterocycles. The number of carbonyl (C=O) groups is 2. The number of para-hydroxylation sites is 1. The highest BCUT2D eigenvalue weighted by molar-refractivity contribution is 7.10. The molecule has 1 aliphatic carbocycles. The lowest BCUT2D eigenvalue weighted by Gasteiger charge is -2.18. The molecule has 1 saturated carbocycles. The second-order valence-electron chi connectivity index (χ2n) is 7.22. The summed E-state index contributed by atoms with van der Waals surface area (Å²) in [6.07, 6.45) is 2.00. The molecular formula is C23H22FN3O2S. The number of nitrogens with one attached hydrogen (secondary N) is 3. The smallest absolute Gasteiger partial charge is 0.253 e. The Hall–Kier alpha value is -3.03. The summed E-state index contributed by atoms with van der Waals surface area (Å²) in [6, 6.07) is 17.1. The monoisotopic (exact) mass is 423 g/mol. The van der Waals surface area contributed by atoms with E-state index < -0.39 is 0 Å². The molecule has 2 aromatic carbocycles. The zero-order chi connectivity index (χ0) is 20.9. The molecule has 0 spiro atoms. The number of hydrogen-bond acceptors (Lipinski definition) is 4. The lowest BCUT2D eigenvalue weighted by Crippen LogP contribution is -2.32. The van der Waals surface area contributed by atoms with E-state index in [0.717, 1.165) is 23.3 Å². The molecule has 0 unspecified atom stereocenters. The van der Waals surface area contributed by atoms with Gasteiger partial charge in [-0.1, -0.05) is 30.3 Å². The van der Waals surface area contributed by atoms with E-state index in [1.54, 1.807) is 47.7 Å². The molecule has 1 aliphatic rings. The van der Waals surface area contributed by atoms with Crippen LogP contribution in [-0.4, -0.2) is 24.4 Å². The summed E-state index contributed by atoms with van der Waals surface area (Å²) in [6.45, 7) is 0.0402. The van der Waals surface area contributed by atoms with Crippen LogP contribution in [0.4, 0.5) is 10.1 Å². The van der Waals surface area contributed by atoms with Crippen LogP contribution in [0, 0.1) is 5.82 Å². The van der Waals surface area contributed by atoms with E-state index in [-0.39, 0.29) is 36.3 Å². The maximum atomic E-state index is 13.3. The molecule has 5 nitrogen and oxygen atoms in total. The molecule has 0 aliphatic heterocycles. The van der Waals surface area contributed by atoms with Gasteiger partial charge in [0.2, 0.25) is 5.91 Å². The number of benzene rings is 2. The Balaban J connectivity index is 1.43. The molecule has 1 aromatic heterocycles. The van der Waals surface area contributed by atoms with Gasteiger partial charge in [-0.2, -0.15) is 0 Å². The van der Waals surface area contributed by atoms with E-state index in [1.165, 1.54) is 12.1 Å². The SMILES string of the molecule is O=C(CN[C@@H](c1ccc(F)cc1)c1cccs1)Nc1ccccc1C(=O)NC1CC1. The van der Waals surface area contributed by atoms with E-state index in [4.69, 9.17) is 0 Å². The topological polar surface area (TPSA) is 70.2 Å². The van der Waals surface area contributed by atoms with E-state index in [9.17, 15) is 14.0 Å². The number of anilines is 1. The number of carbonyl (C=O) groups excluding carboxylic acids is 2. The van der Waals surface area contributed by atoms with Gasteiger partial charge in [-0.25, -0.2) is 4.39 Å². The summed E-state index contributed by atoms with van der Waals surface area (Å²) in [4.78, 5) is 26.1. The van der Waals surface area contributed by atoms with E-state index in [1.807, 2.05) is 17.5 Å². The van der Waals surface area contributed by atoms with Gasteiger partial charge in [0.1, 0.15) is 5.82 Å². The van der Waals surface area contributed by atoms with Crippen molar-refractivity contribution in [3.8, 4) is 0 Å². The first-order chi connectivity index (χ1) is 14.6. The van der Waals surface area contributed by atoms with Gasteiger partial charge in [0, 0.05) is 10.9 Å². The minimum atomic E-state index is -0.303. The number of amides is 2. The third kappa shape index (κ3) is 5.11. The van der Waals surface area contributed by atoms with E-state index in [2.05, 4.69) is 16.0 Å². The fourth-order valence-electron chi connectivity index (χ4n) is 3.16. The summed E-state index contributed by atoms with van der Waals surface area (Å²) in [7, 11) is 0. The van der Waals surface area contributed by atoms with Crippen LogP contribution in [0.15, 0.2) is 66.0 Å². The molecular weight excluding hydrogens is 401 g/mol. The van der Waals surface area contributed by atoms with Crippen molar-refractivity contribution in [2.75, 3.05) is 11.9 Å². The maximum Gasteiger partial charge on any atom is 0.253 e. The van der Waals surface area contributed by atoms with E-state index >= 15 is 0 Å². The highest BCUT2D eigenvalue weighted by Crippen LogP contribution is 2.26. The zero-order valence-corrected chi connectivity index (χ0v) is 17.0. The predicted molar refractivity (Wildman–Crippen MR) is 116 cm³/mol. The van der Waals surface area contributed by atoms with Crippen molar-refractivity contribution in [2.24, 2.45) is 0 Å². The Bertz CT molecular complexity index is 1020. The van der Waals surface area contributed by atoms with Crippen molar-refractivity contribution in [1.82, 2.24) is 10.6 Å². The standard InChI is InChI=1S/C23H22FN3O2S/c24-16-9-7-15(8-10-16)22(20-6-3-13-30-20)25-14-21(28)27-19-5-2-1-4-18(19)23(29)26-17-11-12-17/h1-10,13,17,22,25H,11-12,14H2,(H,26,29)(H,27,28)/t22-/m0/s1. The molecule has 0 saturated heterocycles. The molecule has 1 atom stereocenters. The first-order valence-corrected chi connectivity index (χ1v) is 10.7. The predicted octanol–water partition coefficient (Wildman–Crippen LogP) is 4.10. The fourth-order valence-corrected chi connectivity index (χ4v) is 3.99. The summed E-state index contributed by atoms with van der Waals surface area (Å²) in [5.41, 5.74) is 1.80. The van der Waals surface area contributed by atoms with Gasteiger partial charge < -0.3 is 10.6 Å². The van der Waals surface area contributed by atoms with Crippen LogP contribution in [0.1, 0.15) is 39.7 Å². The summed E-state index contributed by atoms with van der Waals surface area (Å²) < 4.78 is 13.3. The second kappa shape index (κ2) is 9.19. The zero-order valence-electron chi connectivity index (χ0n) is 16.2. The van der Waals surface area contributed by atoms with Crippen LogP contribution in [0.25, 0.3) is 0 Å². The summed E-state index contributed by atoms with van der Waals surface area (Å²) >= 11 is 1.56. The van der Waals surface area contributed by atoms with Crippen LogP contribution >= 0.6 is 11.3 Å². The lowest BCUT2D eigenvalue weighted by molar-refractivity contribution is -0.115. The Labute approximate surface area is 178 Å². The molecule has 7 heteroatoms. The van der Waals surface area contributed by atoms with Crippen molar-refractivity contribution in [3.63, 3.8) is 0 Å². The van der Waals surface area contributed by atoms with Gasteiger partial charge in [0.15, 0.2) is 0 Å². The Kier molecular flexibility index (Phi) is 6.21. The Morgan fingerprint density at radius 1 is 1.03 bits per heavy atom. The summed E-state index contributed by atoms with van der Waals surface area (Å²) in [5.74, 6) is -0.739. The van der Waals surface area contributed by atoms with Gasteiger partial charge >= 0.3 is 0 Å². The number of rotatable bonds is 8. The average molecular weight is 424 g/mol.